The standard InChI is InChI=1S/C16H27FN4O3/c1-10(2)21-9-12(7-18-21)19-14(22)13-6-11(17)8-20(13)15(23)24-16(3,4)5/h7,9-11,13-14,19,22H,6,8H2,1-5H3/t11-,13+,14?/m1/s1. The molecule has 1 saturated heterocycles. The second-order valence-corrected chi connectivity index (χ2v) is 7.42. The first-order valence-electron chi connectivity index (χ1n) is 8.19. The molecule has 1 aromatic rings. The predicted octanol–water partition coefficient (Wildman–Crippen LogP) is 2.54. The minimum Gasteiger partial charge on any atom is -0.444 e. The van der Waals surface area contributed by atoms with E-state index in [1.807, 2.05) is 13.8 Å². The number of nitrogens with one attached hydrogen (secondary N) is 1. The molecule has 2 heterocycles. The van der Waals surface area contributed by atoms with Crippen molar-refractivity contribution in [1.29, 1.82) is 0 Å². The Morgan fingerprint density at radius 3 is 2.71 bits per heavy atom. The van der Waals surface area contributed by atoms with Crippen LogP contribution in [-0.4, -0.2) is 56.5 Å². The minimum absolute atomic E-state index is 0.0612. The number of nitrogens with zero attached hydrogens (tertiary/aromatic N) is 3. The van der Waals surface area contributed by atoms with Crippen LogP contribution in [-0.2, 0) is 4.74 Å². The molecular weight excluding hydrogens is 315 g/mol. The highest BCUT2D eigenvalue weighted by Gasteiger charge is 2.41. The molecule has 1 aliphatic heterocycles. The topological polar surface area (TPSA) is 79.6 Å². The van der Waals surface area contributed by atoms with Crippen LogP contribution in [0, 0.1) is 0 Å². The molecule has 24 heavy (non-hydrogen) atoms. The van der Waals surface area contributed by atoms with E-state index in [0.717, 1.165) is 0 Å². The van der Waals surface area contributed by atoms with E-state index < -0.39 is 30.1 Å². The van der Waals surface area contributed by atoms with Gasteiger partial charge in [-0.15, -0.1) is 0 Å². The molecule has 7 nitrogen and oxygen atoms in total. The molecule has 1 aliphatic rings. The van der Waals surface area contributed by atoms with Gasteiger partial charge in [-0.1, -0.05) is 0 Å². The second kappa shape index (κ2) is 6.96. The van der Waals surface area contributed by atoms with Gasteiger partial charge in [-0.25, -0.2) is 9.18 Å². The highest BCUT2D eigenvalue weighted by molar-refractivity contribution is 5.69. The van der Waals surface area contributed by atoms with Gasteiger partial charge in [-0.05, 0) is 34.6 Å². The van der Waals surface area contributed by atoms with Crippen molar-refractivity contribution < 1.29 is 19.0 Å². The molecular formula is C16H27FN4O3. The zero-order chi connectivity index (χ0) is 18.1. The van der Waals surface area contributed by atoms with E-state index in [0.29, 0.717) is 5.69 Å². The van der Waals surface area contributed by atoms with Crippen LogP contribution in [0.15, 0.2) is 12.4 Å². The molecule has 1 fully saturated rings. The van der Waals surface area contributed by atoms with Gasteiger partial charge < -0.3 is 15.2 Å². The number of anilines is 1. The second-order valence-electron chi connectivity index (χ2n) is 7.42. The Morgan fingerprint density at radius 2 is 2.17 bits per heavy atom. The first kappa shape index (κ1) is 18.5. The highest BCUT2D eigenvalue weighted by atomic mass is 19.1. The molecule has 1 amide bonds. The Labute approximate surface area is 141 Å². The van der Waals surface area contributed by atoms with Crippen LogP contribution in [0.25, 0.3) is 0 Å². The lowest BCUT2D eigenvalue weighted by molar-refractivity contribution is 0.00889. The van der Waals surface area contributed by atoms with Crippen molar-refractivity contribution >= 4 is 11.8 Å². The van der Waals surface area contributed by atoms with Gasteiger partial charge in [0.2, 0.25) is 0 Å². The smallest absolute Gasteiger partial charge is 0.410 e. The Hall–Kier alpha value is -1.83. The lowest BCUT2D eigenvalue weighted by atomic mass is 10.1. The van der Waals surface area contributed by atoms with Gasteiger partial charge >= 0.3 is 6.09 Å². The number of halogens is 1. The number of rotatable bonds is 4. The van der Waals surface area contributed by atoms with Crippen molar-refractivity contribution in [2.45, 2.75) is 71.1 Å². The summed E-state index contributed by atoms with van der Waals surface area (Å²) < 4.78 is 20.9. The summed E-state index contributed by atoms with van der Waals surface area (Å²) in [6.45, 7) is 9.14. The summed E-state index contributed by atoms with van der Waals surface area (Å²) in [5.41, 5.74) is -0.0602. The van der Waals surface area contributed by atoms with E-state index in [-0.39, 0.29) is 19.0 Å². The molecule has 8 heteroatoms. The predicted molar refractivity (Wildman–Crippen MR) is 88.5 cm³/mol. The van der Waals surface area contributed by atoms with Crippen molar-refractivity contribution in [1.82, 2.24) is 14.7 Å². The van der Waals surface area contributed by atoms with Crippen LogP contribution in [0.5, 0.6) is 0 Å². The number of carbonyl (C=O) groups is 1. The SMILES string of the molecule is CC(C)n1cc(NC(O)[C@@H]2C[C@@H](F)CN2C(=O)OC(C)(C)C)cn1. The number of ether oxygens (including phenoxy) is 1. The van der Waals surface area contributed by atoms with Crippen molar-refractivity contribution in [2.75, 3.05) is 11.9 Å². The monoisotopic (exact) mass is 342 g/mol. The maximum absolute atomic E-state index is 13.8. The average Bonchev–Trinajstić information content (AvgIpc) is 3.03. The molecule has 2 N–H and O–H groups in total. The van der Waals surface area contributed by atoms with Gasteiger partial charge in [-0.3, -0.25) is 9.58 Å². The molecule has 1 unspecified atom stereocenters. The Balaban J connectivity index is 2.05. The summed E-state index contributed by atoms with van der Waals surface area (Å²) in [7, 11) is 0. The van der Waals surface area contributed by atoms with Crippen LogP contribution in [0.2, 0.25) is 0 Å². The van der Waals surface area contributed by atoms with Gasteiger partial charge in [0.05, 0.1) is 24.5 Å². The van der Waals surface area contributed by atoms with Gasteiger partial charge in [0, 0.05) is 18.7 Å². The third-order valence-corrected chi connectivity index (χ3v) is 3.73. The van der Waals surface area contributed by atoms with Crippen molar-refractivity contribution in [3.05, 3.63) is 12.4 Å². The van der Waals surface area contributed by atoms with E-state index in [1.54, 1.807) is 37.8 Å². The number of amides is 1. The number of aliphatic hydroxyl groups is 1. The van der Waals surface area contributed by atoms with Crippen LogP contribution in [0.1, 0.15) is 47.1 Å². The molecule has 3 atom stereocenters. The number of likely N-dealkylation sites (tertiary alicyclic amines) is 1. The van der Waals surface area contributed by atoms with Crippen molar-refractivity contribution in [3.63, 3.8) is 0 Å². The molecule has 136 valence electrons. The fourth-order valence-electron chi connectivity index (χ4n) is 2.60. The third-order valence-electron chi connectivity index (χ3n) is 3.73. The normalized spacial score (nSPS) is 22.8. The number of aliphatic hydroxyl groups excluding tert-OH is 1. The van der Waals surface area contributed by atoms with Gasteiger partial charge in [-0.2, -0.15) is 5.10 Å². The Morgan fingerprint density at radius 1 is 1.50 bits per heavy atom. The molecule has 1 aromatic heterocycles. The Bertz CT molecular complexity index is 570. The number of carbonyl (C=O) groups excluding carboxylic acids is 1. The lowest BCUT2D eigenvalue weighted by Crippen LogP contribution is -2.47. The summed E-state index contributed by atoms with van der Waals surface area (Å²) in [6.07, 6.45) is 0.495. The summed E-state index contributed by atoms with van der Waals surface area (Å²) >= 11 is 0. The third kappa shape index (κ3) is 4.59. The maximum atomic E-state index is 13.8. The number of aromatic nitrogens is 2. The first-order chi connectivity index (χ1) is 11.1. The summed E-state index contributed by atoms with van der Waals surface area (Å²) in [4.78, 5) is 13.5. The van der Waals surface area contributed by atoms with Crippen molar-refractivity contribution in [3.8, 4) is 0 Å². The average molecular weight is 342 g/mol. The number of hydrogen-bond donors (Lipinski definition) is 2. The fourth-order valence-corrected chi connectivity index (χ4v) is 2.60. The zero-order valence-corrected chi connectivity index (χ0v) is 14.9. The molecule has 0 radical (unpaired) electrons. The van der Waals surface area contributed by atoms with E-state index in [2.05, 4.69) is 10.4 Å². The molecule has 2 rings (SSSR count). The molecule has 0 aliphatic carbocycles. The van der Waals surface area contributed by atoms with Crippen LogP contribution in [0.4, 0.5) is 14.9 Å². The van der Waals surface area contributed by atoms with Gasteiger partial charge in [0.15, 0.2) is 0 Å². The number of alkyl halides is 1. The van der Waals surface area contributed by atoms with Crippen LogP contribution in [0.3, 0.4) is 0 Å². The van der Waals surface area contributed by atoms with Gasteiger partial charge in [0.25, 0.3) is 0 Å². The molecule has 0 saturated carbocycles. The summed E-state index contributed by atoms with van der Waals surface area (Å²) in [5, 5.41) is 17.5. The van der Waals surface area contributed by atoms with E-state index >= 15 is 0 Å². The number of hydrogen-bond acceptors (Lipinski definition) is 5. The largest absolute Gasteiger partial charge is 0.444 e. The van der Waals surface area contributed by atoms with Crippen LogP contribution < -0.4 is 5.32 Å². The summed E-state index contributed by atoms with van der Waals surface area (Å²) in [5.74, 6) is 0. The highest BCUT2D eigenvalue weighted by Crippen LogP contribution is 2.26. The van der Waals surface area contributed by atoms with E-state index in [9.17, 15) is 14.3 Å². The fraction of sp³-hybridized carbons (Fsp3) is 0.750. The lowest BCUT2D eigenvalue weighted by Gasteiger charge is -2.31. The quantitative estimate of drug-likeness (QED) is 0.822. The first-order valence-corrected chi connectivity index (χ1v) is 8.19. The van der Waals surface area contributed by atoms with Crippen LogP contribution >= 0.6 is 0 Å². The molecule has 0 aromatic carbocycles. The zero-order valence-electron chi connectivity index (χ0n) is 14.9. The maximum Gasteiger partial charge on any atom is 0.410 e. The Kier molecular flexibility index (Phi) is 5.37. The van der Waals surface area contributed by atoms with Crippen molar-refractivity contribution in [2.24, 2.45) is 0 Å². The molecule has 0 bridgehead atoms. The molecule has 0 spiro atoms. The van der Waals surface area contributed by atoms with E-state index in [4.69, 9.17) is 4.74 Å². The van der Waals surface area contributed by atoms with E-state index in [1.165, 1.54) is 4.90 Å². The van der Waals surface area contributed by atoms with Gasteiger partial charge in [0.1, 0.15) is 18.0 Å². The summed E-state index contributed by atoms with van der Waals surface area (Å²) in [6, 6.07) is -0.505. The minimum atomic E-state index is -1.18.